The third kappa shape index (κ3) is 4.84. The van der Waals surface area contributed by atoms with E-state index in [1.54, 1.807) is 6.92 Å². The van der Waals surface area contributed by atoms with Crippen molar-refractivity contribution in [2.24, 2.45) is 0 Å². The monoisotopic (exact) mass is 380 g/mol. The Morgan fingerprint density at radius 2 is 2.08 bits per heavy atom. The summed E-state index contributed by atoms with van der Waals surface area (Å²) in [7, 11) is -3.27. The average molecular weight is 380 g/mol. The van der Waals surface area contributed by atoms with Gasteiger partial charge < -0.3 is 14.0 Å². The molecule has 1 saturated heterocycles. The van der Waals surface area contributed by atoms with Crippen LogP contribution in [0.1, 0.15) is 25.5 Å². The maximum Gasteiger partial charge on any atom is 0.211 e. The smallest absolute Gasteiger partial charge is 0.211 e. The minimum Gasteiger partial charge on any atom is -0.491 e. The van der Waals surface area contributed by atoms with E-state index >= 15 is 0 Å². The Balaban J connectivity index is 1.60. The summed E-state index contributed by atoms with van der Waals surface area (Å²) in [6, 6.07) is 9.14. The fourth-order valence-corrected chi connectivity index (χ4v) is 3.75. The van der Waals surface area contributed by atoms with Crippen molar-refractivity contribution in [3.8, 4) is 17.0 Å². The standard InChI is InChI=1S/C18H24N2O5S/c1-3-26(21,22)20-16-5-4-10-23-18(16)12-24-15-8-6-14(7-9-15)17-11-13(2)25-19-17/h6-9,11,16,18,20H,3-5,10,12H2,1-2H3. The van der Waals surface area contributed by atoms with Crippen LogP contribution >= 0.6 is 0 Å². The molecule has 1 aliphatic rings. The summed E-state index contributed by atoms with van der Waals surface area (Å²) in [5, 5.41) is 3.99. The Bertz CT molecular complexity index is 816. The van der Waals surface area contributed by atoms with Gasteiger partial charge in [0.05, 0.1) is 11.8 Å². The average Bonchev–Trinajstić information content (AvgIpc) is 3.07. The zero-order valence-corrected chi connectivity index (χ0v) is 15.8. The summed E-state index contributed by atoms with van der Waals surface area (Å²) in [5.41, 5.74) is 1.72. The molecule has 0 saturated carbocycles. The molecule has 0 amide bonds. The van der Waals surface area contributed by atoms with Crippen LogP contribution in [0.2, 0.25) is 0 Å². The minimum atomic E-state index is -3.27. The number of rotatable bonds is 7. The van der Waals surface area contributed by atoms with Gasteiger partial charge in [-0.1, -0.05) is 5.16 Å². The van der Waals surface area contributed by atoms with Crippen molar-refractivity contribution in [3.05, 3.63) is 36.1 Å². The molecule has 26 heavy (non-hydrogen) atoms. The van der Waals surface area contributed by atoms with Gasteiger partial charge in [0.25, 0.3) is 0 Å². The molecule has 8 heteroatoms. The SMILES string of the molecule is CCS(=O)(=O)NC1CCCOC1COc1ccc(-c2cc(C)on2)cc1. The van der Waals surface area contributed by atoms with Crippen LogP contribution in [0.25, 0.3) is 11.3 Å². The molecule has 1 aromatic carbocycles. The molecular weight excluding hydrogens is 356 g/mol. The van der Waals surface area contributed by atoms with E-state index in [1.807, 2.05) is 37.3 Å². The number of ether oxygens (including phenoxy) is 2. The number of nitrogens with zero attached hydrogens (tertiary/aromatic N) is 1. The lowest BCUT2D eigenvalue weighted by atomic mass is 10.0. The first kappa shape index (κ1) is 18.9. The van der Waals surface area contributed by atoms with Crippen LogP contribution in [0.15, 0.2) is 34.9 Å². The Kier molecular flexibility index (Phi) is 5.95. The minimum absolute atomic E-state index is 0.0556. The lowest BCUT2D eigenvalue weighted by Crippen LogP contribution is -2.49. The molecule has 0 spiro atoms. The summed E-state index contributed by atoms with van der Waals surface area (Å²) in [6.07, 6.45) is 1.28. The molecule has 1 fully saturated rings. The van der Waals surface area contributed by atoms with Gasteiger partial charge in [-0.15, -0.1) is 0 Å². The second-order valence-corrected chi connectivity index (χ2v) is 8.38. The molecule has 142 valence electrons. The van der Waals surface area contributed by atoms with E-state index in [4.69, 9.17) is 14.0 Å². The fraction of sp³-hybridized carbons (Fsp3) is 0.500. The van der Waals surface area contributed by atoms with E-state index in [0.29, 0.717) is 19.0 Å². The van der Waals surface area contributed by atoms with Gasteiger partial charge in [0.1, 0.15) is 29.9 Å². The van der Waals surface area contributed by atoms with Crippen molar-refractivity contribution in [2.75, 3.05) is 19.0 Å². The maximum atomic E-state index is 11.8. The molecule has 2 aromatic rings. The third-order valence-electron chi connectivity index (χ3n) is 4.34. The number of aryl methyl sites for hydroxylation is 1. The lowest BCUT2D eigenvalue weighted by Gasteiger charge is -2.31. The summed E-state index contributed by atoms with van der Waals surface area (Å²) in [5.74, 6) is 1.51. The Morgan fingerprint density at radius 3 is 2.73 bits per heavy atom. The molecule has 1 aromatic heterocycles. The van der Waals surface area contributed by atoms with E-state index in [9.17, 15) is 8.42 Å². The van der Waals surface area contributed by atoms with Gasteiger partial charge >= 0.3 is 0 Å². The first-order chi connectivity index (χ1) is 12.5. The maximum absolute atomic E-state index is 11.8. The van der Waals surface area contributed by atoms with Crippen molar-refractivity contribution in [1.29, 1.82) is 0 Å². The second kappa shape index (κ2) is 8.20. The van der Waals surface area contributed by atoms with E-state index in [1.165, 1.54) is 0 Å². The topological polar surface area (TPSA) is 90.7 Å². The van der Waals surface area contributed by atoms with Gasteiger partial charge in [-0.2, -0.15) is 0 Å². The largest absolute Gasteiger partial charge is 0.491 e. The molecular formula is C18H24N2O5S. The molecule has 2 unspecified atom stereocenters. The van der Waals surface area contributed by atoms with Crippen molar-refractivity contribution < 1.29 is 22.4 Å². The molecule has 0 aliphatic carbocycles. The van der Waals surface area contributed by atoms with Crippen molar-refractivity contribution in [1.82, 2.24) is 9.88 Å². The first-order valence-electron chi connectivity index (χ1n) is 8.75. The highest BCUT2D eigenvalue weighted by atomic mass is 32.2. The van der Waals surface area contributed by atoms with E-state index in [0.717, 1.165) is 29.9 Å². The molecule has 2 atom stereocenters. The predicted octanol–water partition coefficient (Wildman–Crippen LogP) is 2.52. The van der Waals surface area contributed by atoms with Gasteiger partial charge in [0, 0.05) is 18.2 Å². The number of nitrogens with one attached hydrogen (secondary N) is 1. The van der Waals surface area contributed by atoms with Crippen LogP contribution in [0, 0.1) is 6.92 Å². The Labute approximate surface area is 153 Å². The number of hydrogen-bond donors (Lipinski definition) is 1. The molecule has 7 nitrogen and oxygen atoms in total. The highest BCUT2D eigenvalue weighted by Crippen LogP contribution is 2.23. The molecule has 0 bridgehead atoms. The van der Waals surface area contributed by atoms with Gasteiger partial charge in [0.15, 0.2) is 0 Å². The van der Waals surface area contributed by atoms with Crippen molar-refractivity contribution in [2.45, 2.75) is 38.8 Å². The highest BCUT2D eigenvalue weighted by molar-refractivity contribution is 7.89. The molecule has 2 heterocycles. The predicted molar refractivity (Wildman–Crippen MR) is 97.5 cm³/mol. The van der Waals surface area contributed by atoms with E-state index in [-0.39, 0.29) is 17.9 Å². The zero-order valence-electron chi connectivity index (χ0n) is 15.0. The summed E-state index contributed by atoms with van der Waals surface area (Å²) in [6.45, 7) is 4.37. The van der Waals surface area contributed by atoms with E-state index < -0.39 is 10.0 Å². The van der Waals surface area contributed by atoms with Crippen LogP contribution in [0.4, 0.5) is 0 Å². The van der Waals surface area contributed by atoms with Crippen molar-refractivity contribution in [3.63, 3.8) is 0 Å². The van der Waals surface area contributed by atoms with Gasteiger partial charge in [-0.25, -0.2) is 13.1 Å². The van der Waals surface area contributed by atoms with Crippen LogP contribution in [0.3, 0.4) is 0 Å². The van der Waals surface area contributed by atoms with Gasteiger partial charge in [-0.05, 0) is 51.0 Å². The Morgan fingerprint density at radius 1 is 1.31 bits per heavy atom. The quantitative estimate of drug-likeness (QED) is 0.794. The zero-order chi connectivity index (χ0) is 18.6. The normalized spacial score (nSPS) is 20.8. The lowest BCUT2D eigenvalue weighted by molar-refractivity contribution is -0.0279. The highest BCUT2D eigenvalue weighted by Gasteiger charge is 2.29. The first-order valence-corrected chi connectivity index (χ1v) is 10.4. The van der Waals surface area contributed by atoms with Gasteiger partial charge in [0.2, 0.25) is 10.0 Å². The van der Waals surface area contributed by atoms with Crippen LogP contribution in [-0.4, -0.2) is 44.7 Å². The molecule has 1 N–H and O–H groups in total. The summed E-state index contributed by atoms with van der Waals surface area (Å²) in [4.78, 5) is 0. The third-order valence-corrected chi connectivity index (χ3v) is 5.77. The molecule has 0 radical (unpaired) electrons. The molecule has 3 rings (SSSR count). The number of sulfonamides is 1. The Hall–Kier alpha value is -1.90. The van der Waals surface area contributed by atoms with Crippen molar-refractivity contribution >= 4 is 10.0 Å². The fourth-order valence-electron chi connectivity index (χ4n) is 2.86. The van der Waals surface area contributed by atoms with Crippen LogP contribution in [-0.2, 0) is 14.8 Å². The van der Waals surface area contributed by atoms with E-state index in [2.05, 4.69) is 9.88 Å². The van der Waals surface area contributed by atoms with Crippen LogP contribution in [0.5, 0.6) is 5.75 Å². The van der Waals surface area contributed by atoms with Gasteiger partial charge in [-0.3, -0.25) is 0 Å². The second-order valence-electron chi connectivity index (χ2n) is 6.34. The number of hydrogen-bond acceptors (Lipinski definition) is 6. The number of aromatic nitrogens is 1. The number of benzene rings is 1. The summed E-state index contributed by atoms with van der Waals surface area (Å²) < 4.78 is 43.0. The molecule has 1 aliphatic heterocycles. The summed E-state index contributed by atoms with van der Waals surface area (Å²) >= 11 is 0. The van der Waals surface area contributed by atoms with Crippen LogP contribution < -0.4 is 9.46 Å².